The van der Waals surface area contributed by atoms with Crippen LogP contribution in [0.4, 0.5) is 0 Å². The van der Waals surface area contributed by atoms with Gasteiger partial charge in [-0.25, -0.2) is 0 Å². The number of hydrogen-bond acceptors (Lipinski definition) is 4. The van der Waals surface area contributed by atoms with Gasteiger partial charge in [-0.1, -0.05) is 0 Å². The summed E-state index contributed by atoms with van der Waals surface area (Å²) in [7, 11) is 1.65. The maximum absolute atomic E-state index is 10.7. The zero-order valence-corrected chi connectivity index (χ0v) is 11.4. The van der Waals surface area contributed by atoms with Crippen molar-refractivity contribution in [3.05, 3.63) is 20.8 Å². The molecule has 0 aliphatic carbocycles. The zero-order valence-electron chi connectivity index (χ0n) is 9.00. The molecule has 0 aromatic carbocycles. The maximum atomic E-state index is 10.7. The molecule has 0 aliphatic heterocycles. The molecule has 1 rings (SSSR count). The van der Waals surface area contributed by atoms with Crippen molar-refractivity contribution >= 4 is 33.2 Å². The Morgan fingerprint density at radius 2 is 2.38 bits per heavy atom. The average Bonchev–Trinajstić information content (AvgIpc) is 2.64. The van der Waals surface area contributed by atoms with E-state index in [0.29, 0.717) is 6.54 Å². The maximum Gasteiger partial charge on any atom is 0.322 e. The van der Waals surface area contributed by atoms with Crippen molar-refractivity contribution in [3.8, 4) is 0 Å². The highest BCUT2D eigenvalue weighted by molar-refractivity contribution is 9.11. The Morgan fingerprint density at radius 1 is 1.62 bits per heavy atom. The molecule has 0 aliphatic rings. The first-order valence-corrected chi connectivity index (χ1v) is 6.59. The average molecular weight is 307 g/mol. The fourth-order valence-electron chi connectivity index (χ4n) is 1.26. The molecule has 6 heteroatoms. The van der Waals surface area contributed by atoms with Crippen molar-refractivity contribution in [1.82, 2.24) is 10.6 Å². The van der Waals surface area contributed by atoms with Gasteiger partial charge in [-0.3, -0.25) is 4.79 Å². The summed E-state index contributed by atoms with van der Waals surface area (Å²) in [6, 6.07) is 3.58. The number of nitrogens with one attached hydrogen (secondary N) is 2. The Morgan fingerprint density at radius 3 is 2.88 bits per heavy atom. The minimum absolute atomic E-state index is 0.443. The van der Waals surface area contributed by atoms with Gasteiger partial charge in [0.1, 0.15) is 6.04 Å². The largest absolute Gasteiger partial charge is 0.480 e. The SMILES string of the molecule is CNC(CNCCc1ccc(Br)s1)C(=O)O. The van der Waals surface area contributed by atoms with Crippen LogP contribution in [0.15, 0.2) is 15.9 Å². The number of rotatable bonds is 7. The first kappa shape index (κ1) is 13.6. The molecule has 1 unspecified atom stereocenters. The van der Waals surface area contributed by atoms with Gasteiger partial charge in [0.25, 0.3) is 0 Å². The molecule has 4 nitrogen and oxygen atoms in total. The van der Waals surface area contributed by atoms with Crippen molar-refractivity contribution in [2.24, 2.45) is 0 Å². The molecule has 1 aromatic heterocycles. The van der Waals surface area contributed by atoms with Crippen molar-refractivity contribution in [3.63, 3.8) is 0 Å². The van der Waals surface area contributed by atoms with Crippen LogP contribution in [0.1, 0.15) is 4.88 Å². The molecule has 0 amide bonds. The molecule has 1 heterocycles. The van der Waals surface area contributed by atoms with E-state index in [4.69, 9.17) is 5.11 Å². The van der Waals surface area contributed by atoms with Crippen LogP contribution >= 0.6 is 27.3 Å². The molecule has 0 saturated carbocycles. The number of aliphatic carboxylic acids is 1. The number of carboxylic acid groups (broad SMARTS) is 1. The van der Waals surface area contributed by atoms with Gasteiger partial charge in [0.15, 0.2) is 0 Å². The second-order valence-corrected chi connectivity index (χ2v) is 5.89. The molecule has 1 aromatic rings. The van der Waals surface area contributed by atoms with Gasteiger partial charge in [0.2, 0.25) is 0 Å². The van der Waals surface area contributed by atoms with Crippen molar-refractivity contribution in [2.45, 2.75) is 12.5 Å². The Balaban J connectivity index is 2.18. The van der Waals surface area contributed by atoms with E-state index in [9.17, 15) is 4.79 Å². The van der Waals surface area contributed by atoms with Crippen LogP contribution in [0.5, 0.6) is 0 Å². The Hall–Kier alpha value is -0.430. The summed E-state index contributed by atoms with van der Waals surface area (Å²) in [6.45, 7) is 1.23. The zero-order chi connectivity index (χ0) is 12.0. The highest BCUT2D eigenvalue weighted by Crippen LogP contribution is 2.21. The Bertz CT molecular complexity index is 343. The molecule has 16 heavy (non-hydrogen) atoms. The van der Waals surface area contributed by atoms with Gasteiger partial charge in [-0.15, -0.1) is 11.3 Å². The predicted octanol–water partition coefficient (Wildman–Crippen LogP) is 1.32. The van der Waals surface area contributed by atoms with Crippen LogP contribution in [0.25, 0.3) is 0 Å². The number of carbonyl (C=O) groups is 1. The molecule has 1 atom stereocenters. The molecular formula is C10H15BrN2O2S. The third kappa shape index (κ3) is 4.61. The standard InChI is InChI=1S/C10H15BrN2O2S/c1-12-8(10(14)15)6-13-5-4-7-2-3-9(11)16-7/h2-3,8,12-13H,4-6H2,1H3,(H,14,15). The lowest BCUT2D eigenvalue weighted by atomic mass is 10.3. The molecule has 0 spiro atoms. The van der Waals surface area contributed by atoms with E-state index in [1.54, 1.807) is 18.4 Å². The molecule has 0 bridgehead atoms. The first-order chi connectivity index (χ1) is 7.63. The number of carboxylic acids is 1. The second-order valence-electron chi connectivity index (χ2n) is 3.34. The lowest BCUT2D eigenvalue weighted by Gasteiger charge is -2.11. The smallest absolute Gasteiger partial charge is 0.322 e. The lowest BCUT2D eigenvalue weighted by molar-refractivity contribution is -0.139. The van der Waals surface area contributed by atoms with E-state index in [2.05, 4.69) is 32.6 Å². The van der Waals surface area contributed by atoms with E-state index in [1.807, 2.05) is 6.07 Å². The van der Waals surface area contributed by atoms with Crippen molar-refractivity contribution in [2.75, 3.05) is 20.1 Å². The third-order valence-electron chi connectivity index (χ3n) is 2.17. The molecule has 0 saturated heterocycles. The van der Waals surface area contributed by atoms with Crippen molar-refractivity contribution in [1.29, 1.82) is 0 Å². The highest BCUT2D eigenvalue weighted by atomic mass is 79.9. The van der Waals surface area contributed by atoms with E-state index < -0.39 is 12.0 Å². The summed E-state index contributed by atoms with van der Waals surface area (Å²) in [5.41, 5.74) is 0. The summed E-state index contributed by atoms with van der Waals surface area (Å²) in [5.74, 6) is -0.825. The van der Waals surface area contributed by atoms with Gasteiger partial charge in [0, 0.05) is 18.0 Å². The van der Waals surface area contributed by atoms with Gasteiger partial charge in [-0.2, -0.15) is 0 Å². The van der Waals surface area contributed by atoms with Crippen LogP contribution < -0.4 is 10.6 Å². The van der Waals surface area contributed by atoms with Crippen LogP contribution in [0.2, 0.25) is 0 Å². The summed E-state index contributed by atoms with van der Waals surface area (Å²) >= 11 is 5.11. The second kappa shape index (κ2) is 7.01. The molecule has 90 valence electrons. The number of likely N-dealkylation sites (N-methyl/N-ethyl adjacent to an activating group) is 1. The normalized spacial score (nSPS) is 12.6. The molecular weight excluding hydrogens is 292 g/mol. The molecule has 3 N–H and O–H groups in total. The third-order valence-corrected chi connectivity index (χ3v) is 3.86. The van der Waals surface area contributed by atoms with Gasteiger partial charge in [0.05, 0.1) is 3.79 Å². The Kier molecular flexibility index (Phi) is 5.97. The van der Waals surface area contributed by atoms with Gasteiger partial charge < -0.3 is 15.7 Å². The van der Waals surface area contributed by atoms with Crippen LogP contribution in [-0.2, 0) is 11.2 Å². The summed E-state index contributed by atoms with van der Waals surface area (Å²) in [4.78, 5) is 12.0. The number of thiophene rings is 1. The van der Waals surface area contributed by atoms with Crippen LogP contribution in [-0.4, -0.2) is 37.3 Å². The van der Waals surface area contributed by atoms with Gasteiger partial charge >= 0.3 is 5.97 Å². The topological polar surface area (TPSA) is 61.4 Å². The van der Waals surface area contributed by atoms with Crippen molar-refractivity contribution < 1.29 is 9.90 Å². The summed E-state index contributed by atoms with van der Waals surface area (Å²) in [5, 5.41) is 14.6. The van der Waals surface area contributed by atoms with Crippen LogP contribution in [0.3, 0.4) is 0 Å². The van der Waals surface area contributed by atoms with E-state index >= 15 is 0 Å². The molecule has 0 fully saturated rings. The molecule has 0 radical (unpaired) electrons. The number of hydrogen-bond donors (Lipinski definition) is 3. The van der Waals surface area contributed by atoms with E-state index in [0.717, 1.165) is 16.8 Å². The van der Waals surface area contributed by atoms with E-state index in [-0.39, 0.29) is 0 Å². The van der Waals surface area contributed by atoms with Crippen LogP contribution in [0, 0.1) is 0 Å². The lowest BCUT2D eigenvalue weighted by Crippen LogP contribution is -2.43. The fraction of sp³-hybridized carbons (Fsp3) is 0.500. The predicted molar refractivity (Wildman–Crippen MR) is 69.1 cm³/mol. The monoisotopic (exact) mass is 306 g/mol. The minimum Gasteiger partial charge on any atom is -0.480 e. The number of halogens is 1. The fourth-order valence-corrected chi connectivity index (χ4v) is 2.74. The summed E-state index contributed by atoms with van der Waals surface area (Å²) < 4.78 is 1.13. The quantitative estimate of drug-likeness (QED) is 0.665. The van der Waals surface area contributed by atoms with Gasteiger partial charge in [-0.05, 0) is 41.5 Å². The highest BCUT2D eigenvalue weighted by Gasteiger charge is 2.13. The van der Waals surface area contributed by atoms with E-state index in [1.165, 1.54) is 4.88 Å². The first-order valence-electron chi connectivity index (χ1n) is 4.98. The summed E-state index contributed by atoms with van der Waals surface area (Å²) in [6.07, 6.45) is 0.923. The minimum atomic E-state index is -0.825. The Labute approximate surface area is 107 Å².